The third-order valence-electron chi connectivity index (χ3n) is 6.60. The first kappa shape index (κ1) is 22.4. The molecule has 4 nitrogen and oxygen atoms in total. The fourth-order valence-electron chi connectivity index (χ4n) is 4.79. The lowest BCUT2D eigenvalue weighted by Gasteiger charge is -2.10. The Morgan fingerprint density at radius 2 is 1.05 bits per heavy atom. The van der Waals surface area contributed by atoms with Gasteiger partial charge in [-0.2, -0.15) is 0 Å². The molecule has 7 rings (SSSR count). The van der Waals surface area contributed by atoms with Crippen LogP contribution in [0.5, 0.6) is 0 Å². The number of nitrogens with zero attached hydrogens (tertiary/aromatic N) is 3. The molecule has 7 aromatic rings. The summed E-state index contributed by atoms with van der Waals surface area (Å²) in [5, 5.41) is 2.86. The first-order valence-electron chi connectivity index (χ1n) is 12.3. The van der Waals surface area contributed by atoms with E-state index in [1.807, 2.05) is 97.1 Å². The Bertz CT molecular complexity index is 1930. The van der Waals surface area contributed by atoms with Gasteiger partial charge in [0.1, 0.15) is 11.2 Å². The Morgan fingerprint density at radius 3 is 1.84 bits per heavy atom. The van der Waals surface area contributed by atoms with Crippen LogP contribution in [0.4, 0.5) is 0 Å². The lowest BCUT2D eigenvalue weighted by Crippen LogP contribution is -2.00. The van der Waals surface area contributed by atoms with Crippen molar-refractivity contribution in [2.24, 2.45) is 0 Å². The van der Waals surface area contributed by atoms with Crippen LogP contribution >= 0.6 is 11.6 Å². The maximum Gasteiger partial charge on any atom is 0.164 e. The summed E-state index contributed by atoms with van der Waals surface area (Å²) in [7, 11) is 0. The Kier molecular flexibility index (Phi) is 5.46. The van der Waals surface area contributed by atoms with Gasteiger partial charge in [0.05, 0.1) is 0 Å². The zero-order chi connectivity index (χ0) is 25.5. The summed E-state index contributed by atoms with van der Waals surface area (Å²) in [4.78, 5) is 14.6. The molecule has 0 fully saturated rings. The number of furan rings is 1. The van der Waals surface area contributed by atoms with E-state index in [0.29, 0.717) is 22.5 Å². The fraction of sp³-hybridized carbons (Fsp3) is 0. The number of fused-ring (bicyclic) bond motifs is 3. The molecule has 2 aromatic heterocycles. The van der Waals surface area contributed by atoms with Crippen molar-refractivity contribution in [1.82, 2.24) is 15.0 Å². The van der Waals surface area contributed by atoms with Crippen LogP contribution in [0.25, 0.3) is 67.2 Å². The topological polar surface area (TPSA) is 51.8 Å². The third kappa shape index (κ3) is 4.01. The highest BCUT2D eigenvalue weighted by molar-refractivity contribution is 6.30. The van der Waals surface area contributed by atoms with Crippen molar-refractivity contribution >= 4 is 33.5 Å². The van der Waals surface area contributed by atoms with Crippen LogP contribution in [-0.4, -0.2) is 15.0 Å². The lowest BCUT2D eigenvalue weighted by atomic mass is 9.98. The molecule has 5 aromatic carbocycles. The summed E-state index contributed by atoms with van der Waals surface area (Å²) in [6.07, 6.45) is 0. The van der Waals surface area contributed by atoms with Crippen molar-refractivity contribution < 1.29 is 4.42 Å². The number of rotatable bonds is 4. The SMILES string of the molecule is Clc1ccc(-c2nc(-c3ccccc3)nc(-c3cccc(-c4cccc5oc6ccccc6c45)c3)n2)cc1. The zero-order valence-electron chi connectivity index (χ0n) is 20.2. The van der Waals surface area contributed by atoms with Crippen molar-refractivity contribution in [2.75, 3.05) is 0 Å². The second kappa shape index (κ2) is 9.25. The van der Waals surface area contributed by atoms with Gasteiger partial charge in [0.15, 0.2) is 17.5 Å². The molecule has 0 radical (unpaired) electrons. The molecule has 0 spiro atoms. The Labute approximate surface area is 224 Å². The molecule has 2 heterocycles. The van der Waals surface area contributed by atoms with E-state index in [-0.39, 0.29) is 0 Å². The summed E-state index contributed by atoms with van der Waals surface area (Å²) >= 11 is 6.14. The standard InChI is InChI=1S/C33H20ClN3O/c34-25-18-16-22(17-19-25)32-35-31(21-8-2-1-3-9-21)36-33(37-32)24-11-6-10-23(20-24)26-13-7-15-29-30(26)27-12-4-5-14-28(27)38-29/h1-20H. The van der Waals surface area contributed by atoms with E-state index in [9.17, 15) is 0 Å². The summed E-state index contributed by atoms with van der Waals surface area (Å²) < 4.78 is 6.12. The van der Waals surface area contributed by atoms with E-state index in [1.165, 1.54) is 0 Å². The molecule has 0 aliphatic heterocycles. The van der Waals surface area contributed by atoms with Crippen LogP contribution in [0.1, 0.15) is 0 Å². The number of para-hydroxylation sites is 1. The number of hydrogen-bond donors (Lipinski definition) is 0. The van der Waals surface area contributed by atoms with Crippen LogP contribution in [-0.2, 0) is 0 Å². The van der Waals surface area contributed by atoms with Gasteiger partial charge in [-0.25, -0.2) is 15.0 Å². The van der Waals surface area contributed by atoms with E-state index < -0.39 is 0 Å². The van der Waals surface area contributed by atoms with E-state index in [4.69, 9.17) is 31.0 Å². The molecule has 0 bridgehead atoms. The zero-order valence-corrected chi connectivity index (χ0v) is 20.9. The Hall–Kier alpha value is -4.80. The van der Waals surface area contributed by atoms with E-state index >= 15 is 0 Å². The van der Waals surface area contributed by atoms with Gasteiger partial charge in [-0.05, 0) is 53.6 Å². The van der Waals surface area contributed by atoms with Crippen LogP contribution in [0.2, 0.25) is 5.02 Å². The first-order valence-corrected chi connectivity index (χ1v) is 12.7. The highest BCUT2D eigenvalue weighted by Crippen LogP contribution is 2.37. The molecule has 0 saturated heterocycles. The molecule has 180 valence electrons. The normalized spacial score (nSPS) is 11.3. The molecular formula is C33H20ClN3O. The first-order chi connectivity index (χ1) is 18.7. The second-order valence-electron chi connectivity index (χ2n) is 9.04. The van der Waals surface area contributed by atoms with E-state index in [2.05, 4.69) is 24.3 Å². The quantitative estimate of drug-likeness (QED) is 0.237. The smallest absolute Gasteiger partial charge is 0.164 e. The van der Waals surface area contributed by atoms with E-state index in [1.54, 1.807) is 0 Å². The molecular weight excluding hydrogens is 490 g/mol. The number of hydrogen-bond acceptors (Lipinski definition) is 4. The molecule has 0 N–H and O–H groups in total. The van der Waals surface area contributed by atoms with Gasteiger partial charge in [0, 0.05) is 32.5 Å². The minimum Gasteiger partial charge on any atom is -0.456 e. The summed E-state index contributed by atoms with van der Waals surface area (Å²) in [6.45, 7) is 0. The molecule has 0 saturated carbocycles. The van der Waals surface area contributed by atoms with Crippen LogP contribution in [0.3, 0.4) is 0 Å². The second-order valence-corrected chi connectivity index (χ2v) is 9.47. The third-order valence-corrected chi connectivity index (χ3v) is 6.86. The Morgan fingerprint density at radius 1 is 0.474 bits per heavy atom. The van der Waals surface area contributed by atoms with Gasteiger partial charge in [0.25, 0.3) is 0 Å². The molecule has 5 heteroatoms. The molecule has 38 heavy (non-hydrogen) atoms. The molecule has 0 atom stereocenters. The van der Waals surface area contributed by atoms with Crippen LogP contribution in [0.15, 0.2) is 126 Å². The van der Waals surface area contributed by atoms with Gasteiger partial charge in [-0.3, -0.25) is 0 Å². The largest absolute Gasteiger partial charge is 0.456 e. The van der Waals surface area contributed by atoms with Crippen molar-refractivity contribution in [3.63, 3.8) is 0 Å². The van der Waals surface area contributed by atoms with Crippen molar-refractivity contribution in [2.45, 2.75) is 0 Å². The minimum absolute atomic E-state index is 0.596. The predicted molar refractivity (Wildman–Crippen MR) is 154 cm³/mol. The highest BCUT2D eigenvalue weighted by atomic mass is 35.5. The predicted octanol–water partition coefficient (Wildman–Crippen LogP) is 9.09. The van der Waals surface area contributed by atoms with Crippen LogP contribution in [0, 0.1) is 0 Å². The van der Waals surface area contributed by atoms with E-state index in [0.717, 1.165) is 49.8 Å². The average molecular weight is 510 g/mol. The van der Waals surface area contributed by atoms with Gasteiger partial charge in [-0.15, -0.1) is 0 Å². The highest BCUT2D eigenvalue weighted by Gasteiger charge is 2.15. The van der Waals surface area contributed by atoms with Gasteiger partial charge in [0.2, 0.25) is 0 Å². The average Bonchev–Trinajstić information content (AvgIpc) is 3.37. The molecule has 0 amide bonds. The number of aromatic nitrogens is 3. The summed E-state index contributed by atoms with van der Waals surface area (Å²) in [5.74, 6) is 1.82. The van der Waals surface area contributed by atoms with Gasteiger partial charge >= 0.3 is 0 Å². The molecule has 0 aliphatic carbocycles. The maximum atomic E-state index is 6.14. The Balaban J connectivity index is 1.41. The summed E-state index contributed by atoms with van der Waals surface area (Å²) in [5.41, 5.74) is 6.62. The van der Waals surface area contributed by atoms with Gasteiger partial charge in [-0.1, -0.05) is 90.5 Å². The summed E-state index contributed by atoms with van der Waals surface area (Å²) in [6, 6.07) is 40.1. The maximum absolute atomic E-state index is 6.14. The minimum atomic E-state index is 0.596. The lowest BCUT2D eigenvalue weighted by molar-refractivity contribution is 0.669. The fourth-order valence-corrected chi connectivity index (χ4v) is 4.92. The van der Waals surface area contributed by atoms with Crippen molar-refractivity contribution in [3.05, 3.63) is 126 Å². The molecule has 0 aliphatic rings. The number of halogens is 1. The van der Waals surface area contributed by atoms with Gasteiger partial charge < -0.3 is 4.42 Å². The van der Waals surface area contributed by atoms with Crippen LogP contribution < -0.4 is 0 Å². The monoisotopic (exact) mass is 509 g/mol. The van der Waals surface area contributed by atoms with Crippen molar-refractivity contribution in [1.29, 1.82) is 0 Å². The molecule has 0 unspecified atom stereocenters. The number of benzene rings is 5. The van der Waals surface area contributed by atoms with Crippen molar-refractivity contribution in [3.8, 4) is 45.3 Å².